The number of hydrogen-bond acceptors (Lipinski definition) is 7. The number of anilines is 2. The standard InChI is InChI=1S/C32H28ClF6N5O3/c1-16-5-7-17(8-6-16)26-24(28(46)41-4)21-11-19(27(44-29(21)47-26)43-15-32(37,38)39)18-9-20(23(45)12-30(2,3)13-40)25(22(33)10-18)42-14-31(34,35)36/h5-11,42H,12,14-15H2,1-4H3,(H,41,46)(H,43,44). The van der Waals surface area contributed by atoms with Crippen LogP contribution in [0, 0.1) is 23.7 Å². The SMILES string of the molecule is CNC(=O)c1c(-c2ccc(C)cc2)oc2nc(NCC(F)(F)F)c(-c3cc(Cl)c(NCC(F)(F)F)c(C(=O)CC(C)(C)C#N)c3)cc12. The molecule has 248 valence electrons. The van der Waals surface area contributed by atoms with E-state index in [9.17, 15) is 41.2 Å². The van der Waals surface area contributed by atoms with Gasteiger partial charge in [-0.3, -0.25) is 9.59 Å². The topological polar surface area (TPSA) is 120 Å². The summed E-state index contributed by atoms with van der Waals surface area (Å²) in [6.07, 6.45) is -9.79. The highest BCUT2D eigenvalue weighted by Gasteiger charge is 2.32. The number of nitrogens with zero attached hydrogens (tertiary/aromatic N) is 2. The number of aromatic nitrogens is 1. The third-order valence-electron chi connectivity index (χ3n) is 6.98. The normalized spacial score (nSPS) is 12.1. The first-order chi connectivity index (χ1) is 21.8. The van der Waals surface area contributed by atoms with Crippen LogP contribution in [0.2, 0.25) is 5.02 Å². The van der Waals surface area contributed by atoms with Gasteiger partial charge < -0.3 is 20.4 Å². The minimum atomic E-state index is -4.69. The minimum Gasteiger partial charge on any atom is -0.437 e. The number of fused-ring (bicyclic) bond motifs is 1. The van der Waals surface area contributed by atoms with E-state index in [1.54, 1.807) is 24.3 Å². The van der Waals surface area contributed by atoms with Crippen LogP contribution in [-0.4, -0.2) is 49.2 Å². The van der Waals surface area contributed by atoms with Crippen LogP contribution in [0.1, 0.15) is 46.5 Å². The molecule has 0 atom stereocenters. The first-order valence-corrected chi connectivity index (χ1v) is 14.4. The van der Waals surface area contributed by atoms with Gasteiger partial charge in [0.2, 0.25) is 5.71 Å². The van der Waals surface area contributed by atoms with Crippen molar-refractivity contribution in [2.24, 2.45) is 5.41 Å². The molecule has 0 saturated heterocycles. The summed E-state index contributed by atoms with van der Waals surface area (Å²) >= 11 is 6.43. The van der Waals surface area contributed by atoms with Crippen molar-refractivity contribution < 1.29 is 40.3 Å². The molecule has 4 rings (SSSR count). The van der Waals surface area contributed by atoms with Crippen LogP contribution in [0.15, 0.2) is 46.9 Å². The summed E-state index contributed by atoms with van der Waals surface area (Å²) in [4.78, 5) is 30.9. The average molecular weight is 680 g/mol. The molecule has 0 radical (unpaired) electrons. The highest BCUT2D eigenvalue weighted by molar-refractivity contribution is 6.34. The van der Waals surface area contributed by atoms with Crippen LogP contribution in [0.3, 0.4) is 0 Å². The number of nitrogens with one attached hydrogen (secondary N) is 3. The Labute approximate surface area is 270 Å². The zero-order chi connectivity index (χ0) is 34.9. The van der Waals surface area contributed by atoms with Gasteiger partial charge in [-0.2, -0.15) is 36.6 Å². The molecule has 4 aromatic rings. The molecule has 0 bridgehead atoms. The van der Waals surface area contributed by atoms with E-state index in [1.165, 1.54) is 27.0 Å². The molecule has 0 fully saturated rings. The molecule has 1 amide bonds. The van der Waals surface area contributed by atoms with Gasteiger partial charge in [0.25, 0.3) is 5.91 Å². The number of benzene rings is 2. The molecule has 2 aromatic carbocycles. The van der Waals surface area contributed by atoms with E-state index < -0.39 is 49.0 Å². The van der Waals surface area contributed by atoms with Crippen molar-refractivity contribution in [3.8, 4) is 28.5 Å². The van der Waals surface area contributed by atoms with E-state index >= 15 is 0 Å². The van der Waals surface area contributed by atoms with Crippen molar-refractivity contribution in [1.82, 2.24) is 10.3 Å². The molecular weight excluding hydrogens is 652 g/mol. The van der Waals surface area contributed by atoms with Crippen molar-refractivity contribution >= 4 is 45.9 Å². The summed E-state index contributed by atoms with van der Waals surface area (Å²) in [7, 11) is 1.38. The maximum atomic E-state index is 13.4. The van der Waals surface area contributed by atoms with Gasteiger partial charge in [-0.05, 0) is 44.5 Å². The number of aryl methyl sites for hydroxylation is 1. The number of carbonyl (C=O) groups is 2. The second kappa shape index (κ2) is 13.2. The van der Waals surface area contributed by atoms with Crippen LogP contribution in [-0.2, 0) is 0 Å². The monoisotopic (exact) mass is 679 g/mol. The Hall–Kier alpha value is -4.77. The number of ketones is 1. The molecule has 8 nitrogen and oxygen atoms in total. The number of hydrogen-bond donors (Lipinski definition) is 3. The summed E-state index contributed by atoms with van der Waals surface area (Å²) in [6, 6.07) is 12.5. The molecule has 0 unspecified atom stereocenters. The quantitative estimate of drug-likeness (QED) is 0.113. The van der Waals surface area contributed by atoms with Crippen molar-refractivity contribution in [1.29, 1.82) is 5.26 Å². The van der Waals surface area contributed by atoms with E-state index in [4.69, 9.17) is 16.0 Å². The lowest BCUT2D eigenvalue weighted by Crippen LogP contribution is -2.23. The number of amides is 1. The molecule has 15 heteroatoms. The third-order valence-corrected chi connectivity index (χ3v) is 7.28. The van der Waals surface area contributed by atoms with Crippen molar-refractivity contribution in [3.05, 3.63) is 64.2 Å². The number of rotatable bonds is 10. The predicted octanol–water partition coefficient (Wildman–Crippen LogP) is 8.55. The zero-order valence-electron chi connectivity index (χ0n) is 25.4. The van der Waals surface area contributed by atoms with Crippen molar-refractivity contribution in [2.45, 2.75) is 39.5 Å². The Balaban J connectivity index is 2.02. The van der Waals surface area contributed by atoms with Crippen LogP contribution >= 0.6 is 11.6 Å². The Morgan fingerprint density at radius 3 is 2.15 bits per heavy atom. The predicted molar refractivity (Wildman–Crippen MR) is 165 cm³/mol. The molecular formula is C32H28ClF6N5O3. The smallest absolute Gasteiger partial charge is 0.405 e. The Bertz CT molecular complexity index is 1880. The lowest BCUT2D eigenvalue weighted by Gasteiger charge is -2.20. The summed E-state index contributed by atoms with van der Waals surface area (Å²) in [5.41, 5.74) is -0.771. The molecule has 0 aliphatic carbocycles. The lowest BCUT2D eigenvalue weighted by molar-refractivity contribution is -0.116. The Morgan fingerprint density at radius 2 is 1.57 bits per heavy atom. The first-order valence-electron chi connectivity index (χ1n) is 14.0. The minimum absolute atomic E-state index is 0.00862. The average Bonchev–Trinajstić information content (AvgIpc) is 3.35. The molecule has 2 heterocycles. The molecule has 0 spiro atoms. The van der Waals surface area contributed by atoms with Gasteiger partial charge in [0.15, 0.2) is 5.78 Å². The molecule has 0 aliphatic rings. The van der Waals surface area contributed by atoms with E-state index in [2.05, 4.69) is 20.9 Å². The number of Topliss-reactive ketones (excluding diaryl/α,β-unsaturated/α-hetero) is 1. The van der Waals surface area contributed by atoms with Crippen molar-refractivity contribution in [2.75, 3.05) is 30.8 Å². The first kappa shape index (κ1) is 35.1. The van der Waals surface area contributed by atoms with Crippen LogP contribution in [0.5, 0.6) is 0 Å². The van der Waals surface area contributed by atoms with Gasteiger partial charge in [-0.1, -0.05) is 41.4 Å². The molecule has 47 heavy (non-hydrogen) atoms. The lowest BCUT2D eigenvalue weighted by atomic mass is 9.86. The second-order valence-corrected chi connectivity index (χ2v) is 11.8. The van der Waals surface area contributed by atoms with E-state index in [1.807, 2.05) is 13.0 Å². The fraction of sp³-hybridized carbons (Fsp3) is 0.312. The van der Waals surface area contributed by atoms with Crippen LogP contribution in [0.4, 0.5) is 37.8 Å². The van der Waals surface area contributed by atoms with Gasteiger partial charge in [0.05, 0.1) is 33.1 Å². The molecule has 2 aromatic heterocycles. The summed E-state index contributed by atoms with van der Waals surface area (Å²) < 4.78 is 85.5. The summed E-state index contributed by atoms with van der Waals surface area (Å²) in [5.74, 6) is -1.63. The number of furan rings is 1. The molecule has 0 saturated carbocycles. The number of nitriles is 1. The maximum absolute atomic E-state index is 13.4. The highest BCUT2D eigenvalue weighted by Crippen LogP contribution is 2.41. The van der Waals surface area contributed by atoms with Crippen LogP contribution < -0.4 is 16.0 Å². The Morgan fingerprint density at radius 1 is 0.957 bits per heavy atom. The van der Waals surface area contributed by atoms with E-state index in [0.29, 0.717) is 5.56 Å². The highest BCUT2D eigenvalue weighted by atomic mass is 35.5. The summed E-state index contributed by atoms with van der Waals surface area (Å²) in [5, 5.41) is 16.0. The fourth-order valence-electron chi connectivity index (χ4n) is 4.71. The Kier molecular flexibility index (Phi) is 9.82. The summed E-state index contributed by atoms with van der Waals surface area (Å²) in [6.45, 7) is 1.69. The largest absolute Gasteiger partial charge is 0.437 e. The van der Waals surface area contributed by atoms with Gasteiger partial charge in [0.1, 0.15) is 24.7 Å². The maximum Gasteiger partial charge on any atom is 0.405 e. The van der Waals surface area contributed by atoms with Gasteiger partial charge in [-0.15, -0.1) is 0 Å². The number of carbonyl (C=O) groups excluding carboxylic acids is 2. The van der Waals surface area contributed by atoms with Gasteiger partial charge in [-0.25, -0.2) is 0 Å². The van der Waals surface area contributed by atoms with E-state index in [-0.39, 0.29) is 55.6 Å². The molecule has 3 N–H and O–H groups in total. The number of pyridine rings is 1. The molecule has 0 aliphatic heterocycles. The van der Waals surface area contributed by atoms with Gasteiger partial charge >= 0.3 is 12.4 Å². The third kappa shape index (κ3) is 8.34. The van der Waals surface area contributed by atoms with Gasteiger partial charge in [0, 0.05) is 30.2 Å². The second-order valence-electron chi connectivity index (χ2n) is 11.4. The fourth-order valence-corrected chi connectivity index (χ4v) is 4.99. The van der Waals surface area contributed by atoms with Crippen LogP contribution in [0.25, 0.3) is 33.6 Å². The van der Waals surface area contributed by atoms with Crippen molar-refractivity contribution in [3.63, 3.8) is 0 Å². The zero-order valence-corrected chi connectivity index (χ0v) is 26.2. The number of halogens is 7. The van der Waals surface area contributed by atoms with E-state index in [0.717, 1.165) is 17.7 Å². The number of alkyl halides is 6.